The molecular weight excluding hydrogens is 224 g/mol. The minimum absolute atomic E-state index is 0.761. The first-order valence-electron chi connectivity index (χ1n) is 7.98. The number of hydrogen-bond acceptors (Lipinski definition) is 3. The molecule has 0 spiro atoms. The van der Waals surface area contributed by atoms with Gasteiger partial charge in [0.1, 0.15) is 0 Å². The van der Waals surface area contributed by atoms with Crippen LogP contribution in [-0.4, -0.2) is 38.4 Å². The van der Waals surface area contributed by atoms with Crippen LogP contribution in [0.5, 0.6) is 0 Å². The zero-order valence-electron chi connectivity index (χ0n) is 11.5. The van der Waals surface area contributed by atoms with Crippen LogP contribution in [0.25, 0.3) is 0 Å². The second-order valence-electron chi connectivity index (χ2n) is 6.40. The molecule has 104 valence electrons. The monoisotopic (exact) mass is 252 g/mol. The van der Waals surface area contributed by atoms with Crippen molar-refractivity contribution in [1.82, 2.24) is 10.6 Å². The standard InChI is InChI=1S/C15H28N2O/c1-5-13(14-7-2-8-16-14)15(6-1)17-10-12-4-3-9-18-11-12/h12-17H,1-11H2. The number of nitrogens with one attached hydrogen (secondary N) is 2. The van der Waals surface area contributed by atoms with Gasteiger partial charge in [0.25, 0.3) is 0 Å². The Bertz CT molecular complexity index is 247. The molecule has 1 saturated carbocycles. The maximum Gasteiger partial charge on any atom is 0.0506 e. The second kappa shape index (κ2) is 6.36. The van der Waals surface area contributed by atoms with Crippen molar-refractivity contribution in [3.8, 4) is 0 Å². The Balaban J connectivity index is 1.45. The largest absolute Gasteiger partial charge is 0.381 e. The zero-order chi connectivity index (χ0) is 12.2. The molecule has 0 aromatic rings. The fraction of sp³-hybridized carbons (Fsp3) is 1.00. The number of rotatable bonds is 4. The van der Waals surface area contributed by atoms with E-state index >= 15 is 0 Å². The van der Waals surface area contributed by atoms with Crippen molar-refractivity contribution in [2.45, 2.75) is 57.0 Å². The number of hydrogen-bond donors (Lipinski definition) is 2. The van der Waals surface area contributed by atoms with Crippen molar-refractivity contribution in [2.24, 2.45) is 11.8 Å². The highest BCUT2D eigenvalue weighted by molar-refractivity contribution is 4.93. The Morgan fingerprint density at radius 2 is 2.06 bits per heavy atom. The molecular formula is C15H28N2O. The van der Waals surface area contributed by atoms with E-state index < -0.39 is 0 Å². The molecule has 0 radical (unpaired) electrons. The van der Waals surface area contributed by atoms with E-state index in [1.54, 1.807) is 0 Å². The van der Waals surface area contributed by atoms with Gasteiger partial charge in [0.15, 0.2) is 0 Å². The molecule has 4 unspecified atom stereocenters. The summed E-state index contributed by atoms with van der Waals surface area (Å²) in [4.78, 5) is 0. The van der Waals surface area contributed by atoms with Gasteiger partial charge in [-0.1, -0.05) is 6.42 Å². The fourth-order valence-electron chi connectivity index (χ4n) is 4.09. The van der Waals surface area contributed by atoms with Gasteiger partial charge in [-0.3, -0.25) is 0 Å². The normalized spacial score (nSPS) is 41.3. The summed E-state index contributed by atoms with van der Waals surface area (Å²) >= 11 is 0. The van der Waals surface area contributed by atoms with Crippen LogP contribution in [0.15, 0.2) is 0 Å². The highest BCUT2D eigenvalue weighted by Crippen LogP contribution is 2.32. The van der Waals surface area contributed by atoms with Crippen molar-refractivity contribution in [3.63, 3.8) is 0 Å². The van der Waals surface area contributed by atoms with Gasteiger partial charge in [-0.15, -0.1) is 0 Å². The lowest BCUT2D eigenvalue weighted by Crippen LogP contribution is -2.44. The van der Waals surface area contributed by atoms with Gasteiger partial charge in [-0.05, 0) is 56.9 Å². The Hall–Kier alpha value is -0.120. The highest BCUT2D eigenvalue weighted by Gasteiger charge is 2.34. The molecule has 3 aliphatic rings. The number of ether oxygens (including phenoxy) is 1. The van der Waals surface area contributed by atoms with Gasteiger partial charge >= 0.3 is 0 Å². The van der Waals surface area contributed by atoms with Crippen LogP contribution in [0.4, 0.5) is 0 Å². The molecule has 0 bridgehead atoms. The predicted octanol–water partition coefficient (Wildman–Crippen LogP) is 1.92. The molecule has 2 aliphatic heterocycles. The van der Waals surface area contributed by atoms with Crippen LogP contribution in [0, 0.1) is 11.8 Å². The molecule has 1 aliphatic carbocycles. The van der Waals surface area contributed by atoms with E-state index in [-0.39, 0.29) is 0 Å². The van der Waals surface area contributed by atoms with Crippen LogP contribution in [0.2, 0.25) is 0 Å². The lowest BCUT2D eigenvalue weighted by Gasteiger charge is -2.29. The Morgan fingerprint density at radius 1 is 1.06 bits per heavy atom. The van der Waals surface area contributed by atoms with Crippen LogP contribution >= 0.6 is 0 Å². The second-order valence-corrected chi connectivity index (χ2v) is 6.40. The maximum absolute atomic E-state index is 5.57. The first-order valence-corrected chi connectivity index (χ1v) is 7.98. The Morgan fingerprint density at radius 3 is 2.83 bits per heavy atom. The molecule has 0 aromatic carbocycles. The zero-order valence-corrected chi connectivity index (χ0v) is 11.5. The van der Waals surface area contributed by atoms with Gasteiger partial charge in [-0.2, -0.15) is 0 Å². The average Bonchev–Trinajstić information content (AvgIpc) is 3.08. The molecule has 3 nitrogen and oxygen atoms in total. The third kappa shape index (κ3) is 3.06. The van der Waals surface area contributed by atoms with E-state index in [0.717, 1.165) is 37.1 Å². The molecule has 2 saturated heterocycles. The molecule has 3 heteroatoms. The van der Waals surface area contributed by atoms with Gasteiger partial charge < -0.3 is 15.4 Å². The van der Waals surface area contributed by atoms with E-state index in [4.69, 9.17) is 4.74 Å². The van der Waals surface area contributed by atoms with E-state index in [1.807, 2.05) is 0 Å². The smallest absolute Gasteiger partial charge is 0.0506 e. The third-order valence-electron chi connectivity index (χ3n) is 5.11. The minimum atomic E-state index is 0.761. The topological polar surface area (TPSA) is 33.3 Å². The van der Waals surface area contributed by atoms with Crippen molar-refractivity contribution in [1.29, 1.82) is 0 Å². The van der Waals surface area contributed by atoms with Crippen LogP contribution in [0.1, 0.15) is 44.9 Å². The first-order chi connectivity index (χ1) is 8.93. The molecule has 3 fully saturated rings. The minimum Gasteiger partial charge on any atom is -0.381 e. The molecule has 0 aromatic heterocycles. The predicted molar refractivity (Wildman–Crippen MR) is 73.7 cm³/mol. The average molecular weight is 252 g/mol. The van der Waals surface area contributed by atoms with Gasteiger partial charge in [-0.25, -0.2) is 0 Å². The highest BCUT2D eigenvalue weighted by atomic mass is 16.5. The quantitative estimate of drug-likeness (QED) is 0.802. The summed E-state index contributed by atoms with van der Waals surface area (Å²) in [5, 5.41) is 7.56. The molecule has 3 rings (SSSR count). The van der Waals surface area contributed by atoms with Crippen molar-refractivity contribution >= 4 is 0 Å². The van der Waals surface area contributed by atoms with Crippen molar-refractivity contribution < 1.29 is 4.74 Å². The van der Waals surface area contributed by atoms with Crippen LogP contribution < -0.4 is 10.6 Å². The summed E-state index contributed by atoms with van der Waals surface area (Å²) < 4.78 is 5.57. The molecule has 0 amide bonds. The molecule has 2 N–H and O–H groups in total. The van der Waals surface area contributed by atoms with Gasteiger partial charge in [0.05, 0.1) is 6.61 Å². The van der Waals surface area contributed by atoms with Crippen LogP contribution in [0.3, 0.4) is 0 Å². The lowest BCUT2D eigenvalue weighted by molar-refractivity contribution is 0.0530. The first kappa shape index (κ1) is 12.9. The van der Waals surface area contributed by atoms with E-state index in [9.17, 15) is 0 Å². The summed E-state index contributed by atoms with van der Waals surface area (Å²) in [6.07, 6.45) is 9.62. The maximum atomic E-state index is 5.57. The summed E-state index contributed by atoms with van der Waals surface area (Å²) in [6.45, 7) is 4.37. The SMILES string of the molecule is C1COCC(CNC2CCCC2C2CCCN2)C1. The van der Waals surface area contributed by atoms with E-state index in [1.165, 1.54) is 58.0 Å². The van der Waals surface area contributed by atoms with Crippen molar-refractivity contribution in [3.05, 3.63) is 0 Å². The third-order valence-corrected chi connectivity index (χ3v) is 5.11. The summed E-state index contributed by atoms with van der Waals surface area (Å²) in [5.41, 5.74) is 0. The van der Waals surface area contributed by atoms with E-state index in [0.29, 0.717) is 0 Å². The summed E-state index contributed by atoms with van der Waals surface area (Å²) in [5.74, 6) is 1.65. The van der Waals surface area contributed by atoms with Crippen LogP contribution in [-0.2, 0) is 4.74 Å². The summed E-state index contributed by atoms with van der Waals surface area (Å²) in [7, 11) is 0. The molecule has 18 heavy (non-hydrogen) atoms. The molecule has 4 atom stereocenters. The van der Waals surface area contributed by atoms with Gasteiger partial charge in [0, 0.05) is 25.2 Å². The van der Waals surface area contributed by atoms with Gasteiger partial charge in [0.2, 0.25) is 0 Å². The summed E-state index contributed by atoms with van der Waals surface area (Å²) in [6, 6.07) is 1.56. The van der Waals surface area contributed by atoms with Crippen molar-refractivity contribution in [2.75, 3.05) is 26.3 Å². The van der Waals surface area contributed by atoms with E-state index in [2.05, 4.69) is 10.6 Å². The Kier molecular flexibility index (Phi) is 4.55. The molecule has 2 heterocycles. The lowest BCUT2D eigenvalue weighted by atomic mass is 9.92. The fourth-order valence-corrected chi connectivity index (χ4v) is 4.09. The Labute approximate surface area is 111 Å².